The Balaban J connectivity index is 2.20. The number of nitriles is 1. The molecule has 4 heteroatoms. The van der Waals surface area contributed by atoms with Crippen LogP contribution < -0.4 is 0 Å². The standard InChI is InChI=1S/C17H29N3O/c1-3-15-13-19(2)11-8-12-20(15)16(21)17(14-18)9-6-4-5-7-10-17/h15H,3-13H2,1-2H3. The fraction of sp³-hybridized carbons (Fsp3) is 0.882. The summed E-state index contributed by atoms with van der Waals surface area (Å²) >= 11 is 0. The number of carbonyl (C=O) groups excluding carboxylic acids is 1. The molecule has 0 N–H and O–H groups in total. The molecule has 1 aliphatic heterocycles. The number of hydrogen-bond donors (Lipinski definition) is 0. The van der Waals surface area contributed by atoms with Crippen LogP contribution in [0, 0.1) is 16.7 Å². The first-order chi connectivity index (χ1) is 10.1. The Morgan fingerprint density at radius 1 is 1.19 bits per heavy atom. The van der Waals surface area contributed by atoms with Gasteiger partial charge in [-0.25, -0.2) is 0 Å². The van der Waals surface area contributed by atoms with E-state index in [2.05, 4.69) is 24.9 Å². The third-order valence-corrected chi connectivity index (χ3v) is 5.21. The zero-order valence-corrected chi connectivity index (χ0v) is 13.6. The minimum Gasteiger partial charge on any atom is -0.337 e. The number of carbonyl (C=O) groups is 1. The lowest BCUT2D eigenvalue weighted by atomic mass is 9.80. The van der Waals surface area contributed by atoms with E-state index in [0.717, 1.165) is 71.0 Å². The number of amides is 1. The van der Waals surface area contributed by atoms with Crippen molar-refractivity contribution in [1.82, 2.24) is 9.80 Å². The Labute approximate surface area is 129 Å². The van der Waals surface area contributed by atoms with Gasteiger partial charge in [0.2, 0.25) is 5.91 Å². The number of hydrogen-bond acceptors (Lipinski definition) is 3. The van der Waals surface area contributed by atoms with Gasteiger partial charge in [-0.3, -0.25) is 4.79 Å². The van der Waals surface area contributed by atoms with Gasteiger partial charge in [0.25, 0.3) is 0 Å². The van der Waals surface area contributed by atoms with Crippen molar-refractivity contribution in [3.05, 3.63) is 0 Å². The lowest BCUT2D eigenvalue weighted by molar-refractivity contribution is -0.142. The van der Waals surface area contributed by atoms with Gasteiger partial charge >= 0.3 is 0 Å². The largest absolute Gasteiger partial charge is 0.337 e. The summed E-state index contributed by atoms with van der Waals surface area (Å²) in [5.74, 6) is 0.119. The van der Waals surface area contributed by atoms with E-state index < -0.39 is 5.41 Å². The molecule has 1 heterocycles. The van der Waals surface area contributed by atoms with Crippen LogP contribution in [-0.4, -0.2) is 48.4 Å². The molecule has 1 atom stereocenters. The van der Waals surface area contributed by atoms with Crippen LogP contribution in [0.2, 0.25) is 0 Å². The minimum atomic E-state index is -0.743. The average molecular weight is 291 g/mol. The summed E-state index contributed by atoms with van der Waals surface area (Å²) in [5.41, 5.74) is -0.743. The van der Waals surface area contributed by atoms with Crippen LogP contribution in [0.4, 0.5) is 0 Å². The molecule has 118 valence electrons. The third kappa shape index (κ3) is 3.58. The Morgan fingerprint density at radius 2 is 1.86 bits per heavy atom. The second kappa shape index (κ2) is 7.26. The topological polar surface area (TPSA) is 47.3 Å². The van der Waals surface area contributed by atoms with E-state index in [4.69, 9.17) is 0 Å². The summed E-state index contributed by atoms with van der Waals surface area (Å²) in [7, 11) is 2.13. The molecule has 0 bridgehead atoms. The van der Waals surface area contributed by atoms with Crippen LogP contribution in [0.15, 0.2) is 0 Å². The van der Waals surface area contributed by atoms with Crippen molar-refractivity contribution < 1.29 is 4.79 Å². The Hall–Kier alpha value is -1.08. The van der Waals surface area contributed by atoms with Gasteiger partial charge in [-0.05, 0) is 39.3 Å². The summed E-state index contributed by atoms with van der Waals surface area (Å²) in [6, 6.07) is 2.69. The SMILES string of the molecule is CCC1CN(C)CCCN1C(=O)C1(C#N)CCCCCC1. The molecule has 0 spiro atoms. The Morgan fingerprint density at radius 3 is 2.43 bits per heavy atom. The summed E-state index contributed by atoms with van der Waals surface area (Å²) < 4.78 is 0. The Bertz CT molecular complexity index is 393. The monoisotopic (exact) mass is 291 g/mol. The average Bonchev–Trinajstić information content (AvgIpc) is 2.85. The maximum atomic E-state index is 13.2. The van der Waals surface area contributed by atoms with Crippen molar-refractivity contribution in [2.24, 2.45) is 5.41 Å². The van der Waals surface area contributed by atoms with E-state index in [-0.39, 0.29) is 11.9 Å². The smallest absolute Gasteiger partial charge is 0.243 e. The van der Waals surface area contributed by atoms with Gasteiger partial charge < -0.3 is 9.80 Å². The first-order valence-corrected chi connectivity index (χ1v) is 8.54. The van der Waals surface area contributed by atoms with Crippen LogP contribution in [0.25, 0.3) is 0 Å². The van der Waals surface area contributed by atoms with Gasteiger partial charge in [-0.1, -0.05) is 32.6 Å². The molecule has 0 aromatic rings. The Kier molecular flexibility index (Phi) is 5.64. The minimum absolute atomic E-state index is 0.119. The highest BCUT2D eigenvalue weighted by molar-refractivity contribution is 5.86. The fourth-order valence-corrected chi connectivity index (χ4v) is 3.84. The van der Waals surface area contributed by atoms with Crippen molar-refractivity contribution in [2.45, 2.75) is 64.3 Å². The van der Waals surface area contributed by atoms with E-state index >= 15 is 0 Å². The summed E-state index contributed by atoms with van der Waals surface area (Å²) in [5, 5.41) is 9.74. The highest BCUT2D eigenvalue weighted by atomic mass is 16.2. The molecule has 0 aromatic carbocycles. The molecule has 1 unspecified atom stereocenters. The molecule has 1 saturated carbocycles. The van der Waals surface area contributed by atoms with E-state index in [1.165, 1.54) is 0 Å². The van der Waals surface area contributed by atoms with Gasteiger partial charge in [0.15, 0.2) is 0 Å². The van der Waals surface area contributed by atoms with Gasteiger partial charge in [-0.15, -0.1) is 0 Å². The predicted octanol–water partition coefficient (Wildman–Crippen LogP) is 2.79. The molecule has 0 radical (unpaired) electrons. The lowest BCUT2D eigenvalue weighted by Gasteiger charge is -2.36. The van der Waals surface area contributed by atoms with Gasteiger partial charge in [-0.2, -0.15) is 5.26 Å². The second-order valence-electron chi connectivity index (χ2n) is 6.78. The van der Waals surface area contributed by atoms with Crippen LogP contribution in [0.5, 0.6) is 0 Å². The highest BCUT2D eigenvalue weighted by Crippen LogP contribution is 2.37. The maximum absolute atomic E-state index is 13.2. The predicted molar refractivity (Wildman–Crippen MR) is 83.7 cm³/mol. The van der Waals surface area contributed by atoms with Crippen LogP contribution >= 0.6 is 0 Å². The van der Waals surface area contributed by atoms with Gasteiger partial charge in [0.1, 0.15) is 5.41 Å². The molecular formula is C17H29N3O. The van der Waals surface area contributed by atoms with Crippen LogP contribution in [-0.2, 0) is 4.79 Å². The number of rotatable bonds is 2. The van der Waals surface area contributed by atoms with Gasteiger partial charge in [0, 0.05) is 19.1 Å². The van der Waals surface area contributed by atoms with Crippen molar-refractivity contribution in [3.63, 3.8) is 0 Å². The van der Waals surface area contributed by atoms with Crippen molar-refractivity contribution in [3.8, 4) is 6.07 Å². The maximum Gasteiger partial charge on any atom is 0.243 e. The first kappa shape index (κ1) is 16.3. The summed E-state index contributed by atoms with van der Waals surface area (Å²) in [6.07, 6.45) is 7.86. The van der Waals surface area contributed by atoms with Crippen molar-refractivity contribution >= 4 is 5.91 Å². The molecule has 0 aromatic heterocycles. The molecule has 1 amide bonds. The molecule has 4 nitrogen and oxygen atoms in total. The van der Waals surface area contributed by atoms with E-state index in [0.29, 0.717) is 0 Å². The quantitative estimate of drug-likeness (QED) is 0.735. The van der Waals surface area contributed by atoms with E-state index in [9.17, 15) is 10.1 Å². The molecular weight excluding hydrogens is 262 g/mol. The highest BCUT2D eigenvalue weighted by Gasteiger charge is 2.43. The van der Waals surface area contributed by atoms with Crippen molar-refractivity contribution in [2.75, 3.05) is 26.7 Å². The van der Waals surface area contributed by atoms with E-state index in [1.807, 2.05) is 4.90 Å². The zero-order valence-electron chi connectivity index (χ0n) is 13.6. The number of likely N-dealkylation sites (N-methyl/N-ethyl adjacent to an activating group) is 1. The summed E-state index contributed by atoms with van der Waals surface area (Å²) in [6.45, 7) is 4.94. The normalized spacial score (nSPS) is 27.5. The van der Waals surface area contributed by atoms with Crippen LogP contribution in [0.3, 0.4) is 0 Å². The molecule has 2 aliphatic rings. The summed E-state index contributed by atoms with van der Waals surface area (Å²) in [4.78, 5) is 17.5. The fourth-order valence-electron chi connectivity index (χ4n) is 3.84. The van der Waals surface area contributed by atoms with Crippen LogP contribution in [0.1, 0.15) is 58.3 Å². The van der Waals surface area contributed by atoms with Crippen molar-refractivity contribution in [1.29, 1.82) is 5.26 Å². The molecule has 21 heavy (non-hydrogen) atoms. The van der Waals surface area contributed by atoms with E-state index in [1.54, 1.807) is 0 Å². The number of nitrogens with zero attached hydrogens (tertiary/aromatic N) is 3. The third-order valence-electron chi connectivity index (χ3n) is 5.21. The zero-order chi connectivity index (χ0) is 15.3. The second-order valence-corrected chi connectivity index (χ2v) is 6.78. The lowest BCUT2D eigenvalue weighted by Crippen LogP contribution is -2.50. The first-order valence-electron chi connectivity index (χ1n) is 8.54. The molecule has 1 aliphatic carbocycles. The molecule has 2 fully saturated rings. The van der Waals surface area contributed by atoms with Gasteiger partial charge in [0.05, 0.1) is 6.07 Å². The molecule has 2 rings (SSSR count). The molecule has 1 saturated heterocycles.